The summed E-state index contributed by atoms with van der Waals surface area (Å²) in [6.07, 6.45) is 5.70. The number of aromatic nitrogens is 1. The predicted octanol–water partition coefficient (Wildman–Crippen LogP) is 4.61. The standard InChI is InChI=1S/C29H32N2O5/c1-34-25-15-19(16-26(35-2)29(25)36-3)27-23(32)17-24(33)28(27)21-18-31(22-10-6-5-9-20(21)22)14-13-30-11-7-4-8-12-30/h5-6,9-10,15-16,18H,4,7-8,11-14,17H2,1-3H3. The molecule has 188 valence electrons. The third-order valence-electron chi connectivity index (χ3n) is 7.25. The van der Waals surface area contributed by atoms with E-state index in [1.165, 1.54) is 40.6 Å². The average molecular weight is 489 g/mol. The molecule has 0 bridgehead atoms. The molecule has 3 aromatic rings. The number of Topliss-reactive ketones (excluding diaryl/α,β-unsaturated/α-hetero) is 2. The number of carbonyl (C=O) groups is 2. The number of likely N-dealkylation sites (tertiary alicyclic amines) is 1. The molecule has 2 heterocycles. The zero-order valence-electron chi connectivity index (χ0n) is 21.1. The minimum atomic E-state index is -0.200. The lowest BCUT2D eigenvalue weighted by molar-refractivity contribution is -0.119. The summed E-state index contributed by atoms with van der Waals surface area (Å²) < 4.78 is 18.7. The van der Waals surface area contributed by atoms with Crippen LogP contribution in [0, 0.1) is 0 Å². The molecule has 36 heavy (non-hydrogen) atoms. The Labute approximate surface area is 211 Å². The van der Waals surface area contributed by atoms with E-state index in [1.54, 1.807) is 12.1 Å². The Morgan fingerprint density at radius 3 is 2.14 bits per heavy atom. The normalized spacial score (nSPS) is 16.8. The molecule has 1 aromatic heterocycles. The lowest BCUT2D eigenvalue weighted by Gasteiger charge is -2.26. The third kappa shape index (κ3) is 4.28. The van der Waals surface area contributed by atoms with Crippen molar-refractivity contribution in [2.75, 3.05) is 41.0 Å². The number of allylic oxidation sites excluding steroid dienone is 2. The maximum atomic E-state index is 13.3. The van der Waals surface area contributed by atoms with Crippen molar-refractivity contribution < 1.29 is 23.8 Å². The van der Waals surface area contributed by atoms with Gasteiger partial charge in [0.05, 0.1) is 27.8 Å². The van der Waals surface area contributed by atoms with E-state index < -0.39 is 0 Å². The van der Waals surface area contributed by atoms with Gasteiger partial charge in [-0.3, -0.25) is 9.59 Å². The van der Waals surface area contributed by atoms with Crippen molar-refractivity contribution in [1.29, 1.82) is 0 Å². The van der Waals surface area contributed by atoms with Gasteiger partial charge in [0, 0.05) is 46.9 Å². The lowest BCUT2D eigenvalue weighted by atomic mass is 9.95. The fourth-order valence-electron chi connectivity index (χ4n) is 5.48. The molecule has 7 nitrogen and oxygen atoms in total. The fourth-order valence-corrected chi connectivity index (χ4v) is 5.48. The molecule has 0 atom stereocenters. The molecule has 5 rings (SSSR count). The van der Waals surface area contributed by atoms with Gasteiger partial charge in [-0.25, -0.2) is 0 Å². The van der Waals surface area contributed by atoms with Crippen molar-refractivity contribution >= 4 is 33.6 Å². The Kier molecular flexibility index (Phi) is 6.83. The maximum Gasteiger partial charge on any atom is 0.203 e. The maximum absolute atomic E-state index is 13.3. The summed E-state index contributed by atoms with van der Waals surface area (Å²) in [5, 5.41) is 0.971. The van der Waals surface area contributed by atoms with Crippen LogP contribution in [0.1, 0.15) is 36.8 Å². The van der Waals surface area contributed by atoms with Crippen molar-refractivity contribution in [3.8, 4) is 17.2 Å². The number of carbonyl (C=O) groups excluding carboxylic acids is 2. The van der Waals surface area contributed by atoms with E-state index in [2.05, 4.69) is 15.5 Å². The number of ketones is 2. The third-order valence-corrected chi connectivity index (χ3v) is 7.25. The molecule has 0 unspecified atom stereocenters. The summed E-state index contributed by atoms with van der Waals surface area (Å²) in [6, 6.07) is 11.6. The summed E-state index contributed by atoms with van der Waals surface area (Å²) in [5.74, 6) is 0.957. The second-order valence-corrected chi connectivity index (χ2v) is 9.34. The molecule has 7 heteroatoms. The minimum absolute atomic E-state index is 0.144. The predicted molar refractivity (Wildman–Crippen MR) is 140 cm³/mol. The Balaban J connectivity index is 1.63. The second-order valence-electron chi connectivity index (χ2n) is 9.34. The Morgan fingerprint density at radius 1 is 0.806 bits per heavy atom. The van der Waals surface area contributed by atoms with E-state index in [1.807, 2.05) is 24.4 Å². The van der Waals surface area contributed by atoms with Gasteiger partial charge in [0.25, 0.3) is 0 Å². The van der Waals surface area contributed by atoms with E-state index in [4.69, 9.17) is 14.2 Å². The quantitative estimate of drug-likeness (QED) is 0.432. The molecule has 0 amide bonds. The minimum Gasteiger partial charge on any atom is -0.493 e. The van der Waals surface area contributed by atoms with Crippen LogP contribution in [0.5, 0.6) is 17.2 Å². The van der Waals surface area contributed by atoms with Gasteiger partial charge >= 0.3 is 0 Å². The first-order valence-electron chi connectivity index (χ1n) is 12.5. The first kappa shape index (κ1) is 24.1. The van der Waals surface area contributed by atoms with Crippen LogP contribution in [-0.2, 0) is 16.1 Å². The molecule has 0 saturated carbocycles. The number of fused-ring (bicyclic) bond motifs is 1. The number of para-hydroxylation sites is 1. The van der Waals surface area contributed by atoms with E-state index in [-0.39, 0.29) is 18.0 Å². The van der Waals surface area contributed by atoms with Crippen LogP contribution in [0.2, 0.25) is 0 Å². The highest BCUT2D eigenvalue weighted by molar-refractivity contribution is 6.51. The van der Waals surface area contributed by atoms with E-state index >= 15 is 0 Å². The van der Waals surface area contributed by atoms with Crippen molar-refractivity contribution in [2.45, 2.75) is 32.2 Å². The molecule has 0 radical (unpaired) electrons. The summed E-state index contributed by atoms with van der Waals surface area (Å²) in [5.41, 5.74) is 3.30. The van der Waals surface area contributed by atoms with Gasteiger partial charge in [-0.2, -0.15) is 0 Å². The van der Waals surface area contributed by atoms with Gasteiger partial charge in [0.15, 0.2) is 23.1 Å². The van der Waals surface area contributed by atoms with Gasteiger partial charge in [-0.15, -0.1) is 0 Å². The number of methoxy groups -OCH3 is 3. The first-order valence-corrected chi connectivity index (χ1v) is 12.5. The van der Waals surface area contributed by atoms with Crippen LogP contribution in [-0.4, -0.2) is 62.0 Å². The number of benzene rings is 2. The molecule has 1 saturated heterocycles. The molecule has 1 aliphatic heterocycles. The van der Waals surface area contributed by atoms with Gasteiger partial charge in [-0.1, -0.05) is 24.6 Å². The summed E-state index contributed by atoms with van der Waals surface area (Å²) in [7, 11) is 4.61. The van der Waals surface area contributed by atoms with E-state index in [0.717, 1.165) is 42.6 Å². The Bertz CT molecular complexity index is 1320. The number of rotatable bonds is 8. The first-order chi connectivity index (χ1) is 17.5. The SMILES string of the molecule is COc1cc(C2=C(c3cn(CCN4CCCCC4)c4ccccc34)C(=O)CC2=O)cc(OC)c1OC. The van der Waals surface area contributed by atoms with E-state index in [9.17, 15) is 9.59 Å². The van der Waals surface area contributed by atoms with E-state index in [0.29, 0.717) is 34.0 Å². The van der Waals surface area contributed by atoms with Crippen LogP contribution >= 0.6 is 0 Å². The molecule has 1 aliphatic carbocycles. The molecule has 0 N–H and O–H groups in total. The molecule has 2 aliphatic rings. The molecular formula is C29H32N2O5. The van der Waals surface area contributed by atoms with Crippen LogP contribution in [0.3, 0.4) is 0 Å². The van der Waals surface area contributed by atoms with Crippen LogP contribution in [0.4, 0.5) is 0 Å². The molecule has 0 spiro atoms. The van der Waals surface area contributed by atoms with Crippen LogP contribution in [0.25, 0.3) is 22.0 Å². The van der Waals surface area contributed by atoms with Crippen molar-refractivity contribution in [3.63, 3.8) is 0 Å². The Morgan fingerprint density at radius 2 is 1.47 bits per heavy atom. The van der Waals surface area contributed by atoms with Crippen molar-refractivity contribution in [2.24, 2.45) is 0 Å². The summed E-state index contributed by atoms with van der Waals surface area (Å²) in [4.78, 5) is 29.0. The molecule has 1 fully saturated rings. The zero-order valence-corrected chi connectivity index (χ0v) is 21.1. The van der Waals surface area contributed by atoms with Gasteiger partial charge < -0.3 is 23.7 Å². The monoisotopic (exact) mass is 488 g/mol. The highest BCUT2D eigenvalue weighted by atomic mass is 16.5. The number of hydrogen-bond donors (Lipinski definition) is 0. The number of ether oxygens (including phenoxy) is 3. The second kappa shape index (κ2) is 10.2. The van der Waals surface area contributed by atoms with Gasteiger partial charge in [0.2, 0.25) is 5.75 Å². The molecule has 2 aromatic carbocycles. The number of hydrogen-bond acceptors (Lipinski definition) is 6. The smallest absolute Gasteiger partial charge is 0.203 e. The summed E-state index contributed by atoms with van der Waals surface area (Å²) in [6.45, 7) is 4.06. The van der Waals surface area contributed by atoms with Gasteiger partial charge in [-0.05, 0) is 49.7 Å². The number of nitrogens with zero attached hydrogens (tertiary/aromatic N) is 2. The molecular weight excluding hydrogens is 456 g/mol. The highest BCUT2D eigenvalue weighted by Crippen LogP contribution is 2.44. The van der Waals surface area contributed by atoms with Crippen molar-refractivity contribution in [1.82, 2.24) is 9.47 Å². The zero-order chi connectivity index (χ0) is 25.2. The van der Waals surface area contributed by atoms with Crippen LogP contribution in [0.15, 0.2) is 42.6 Å². The Hall–Kier alpha value is -3.58. The topological polar surface area (TPSA) is 70.0 Å². The largest absolute Gasteiger partial charge is 0.493 e. The summed E-state index contributed by atoms with van der Waals surface area (Å²) >= 11 is 0. The van der Waals surface area contributed by atoms with Crippen LogP contribution < -0.4 is 14.2 Å². The highest BCUT2D eigenvalue weighted by Gasteiger charge is 2.35. The number of piperidine rings is 1. The lowest BCUT2D eigenvalue weighted by Crippen LogP contribution is -2.32. The van der Waals surface area contributed by atoms with Crippen molar-refractivity contribution in [3.05, 3.63) is 53.7 Å². The van der Waals surface area contributed by atoms with Gasteiger partial charge in [0.1, 0.15) is 0 Å². The fraction of sp³-hybridized carbons (Fsp3) is 0.379. The average Bonchev–Trinajstić information content (AvgIpc) is 3.42.